The third-order valence-electron chi connectivity index (χ3n) is 4.66. The van der Waals surface area contributed by atoms with E-state index in [2.05, 4.69) is 62.2 Å². The summed E-state index contributed by atoms with van der Waals surface area (Å²) < 4.78 is 1.91. The molecule has 1 atom stereocenters. The molecule has 4 aromatic rings. The van der Waals surface area contributed by atoms with Crippen molar-refractivity contribution in [3.8, 4) is 11.6 Å². The number of aromatic nitrogens is 4. The smallest absolute Gasteiger partial charge is 0.187 e. The quantitative estimate of drug-likeness (QED) is 0.247. The van der Waals surface area contributed by atoms with E-state index in [-0.39, 0.29) is 0 Å². The minimum atomic E-state index is 0.316. The highest BCUT2D eigenvalue weighted by molar-refractivity contribution is 9.09. The number of para-hydroxylation sites is 3. The van der Waals surface area contributed by atoms with Crippen LogP contribution >= 0.6 is 32.1 Å². The van der Waals surface area contributed by atoms with Gasteiger partial charge in [-0.1, -0.05) is 66.4 Å². The van der Waals surface area contributed by atoms with Gasteiger partial charge >= 0.3 is 0 Å². The van der Waals surface area contributed by atoms with E-state index in [1.807, 2.05) is 27.9 Å². The van der Waals surface area contributed by atoms with Crippen molar-refractivity contribution in [1.82, 2.24) is 18.5 Å². The van der Waals surface area contributed by atoms with Crippen molar-refractivity contribution < 1.29 is 0 Å². The zero-order valence-electron chi connectivity index (χ0n) is 14.5. The van der Waals surface area contributed by atoms with Crippen LogP contribution in [0.1, 0.15) is 43.0 Å². The molecule has 0 radical (unpaired) electrons. The number of alkyl halides is 1. The topological polar surface area (TPSA) is 46.5 Å². The fourth-order valence-electron chi connectivity index (χ4n) is 3.28. The molecule has 0 aliphatic carbocycles. The Hall–Kier alpha value is -1.66. The fourth-order valence-corrected chi connectivity index (χ4v) is 4.53. The average molecular weight is 476 g/mol. The van der Waals surface area contributed by atoms with Crippen molar-refractivity contribution in [2.45, 2.75) is 37.4 Å². The van der Waals surface area contributed by atoms with E-state index < -0.39 is 0 Å². The Morgan fingerprint density at radius 1 is 1.08 bits per heavy atom. The monoisotopic (exact) mass is 474 g/mol. The lowest BCUT2D eigenvalue weighted by molar-refractivity contribution is 0.665. The fraction of sp³-hybridized carbons (Fsp3) is 0.300. The highest BCUT2D eigenvalue weighted by atomic mass is 79.9. The van der Waals surface area contributed by atoms with Crippen LogP contribution in [0.2, 0.25) is 0 Å². The number of rotatable bonds is 6. The molecule has 1 N–H and O–H groups in total. The van der Waals surface area contributed by atoms with E-state index in [1.165, 1.54) is 24.8 Å². The van der Waals surface area contributed by atoms with Gasteiger partial charge in [0, 0.05) is 4.83 Å². The summed E-state index contributed by atoms with van der Waals surface area (Å²) in [4.78, 5) is 13.4. The maximum absolute atomic E-state index is 4.89. The number of nitrogens with one attached hydrogen (secondary N) is 1. The lowest BCUT2D eigenvalue weighted by atomic mass is 10.0. The van der Waals surface area contributed by atoms with Crippen molar-refractivity contribution in [2.24, 2.45) is 0 Å². The summed E-state index contributed by atoms with van der Waals surface area (Å²) in [7, 11) is 0. The van der Waals surface area contributed by atoms with Gasteiger partial charge in [-0.25, -0.2) is 9.97 Å². The van der Waals surface area contributed by atoms with E-state index in [1.54, 1.807) is 0 Å². The van der Waals surface area contributed by atoms with Crippen LogP contribution in [0, 0.1) is 0 Å². The number of nitrogens with zero attached hydrogens (tertiary/aromatic N) is 3. The first-order valence-electron chi connectivity index (χ1n) is 8.95. The number of H-pyrrole nitrogens is 1. The molecule has 0 aliphatic rings. The number of imidazole rings is 2. The first-order chi connectivity index (χ1) is 12.7. The standard InChI is InChI=1S/C20H20Br2N4/c1-2-3-4-9-14(21)13-8-7-11-16-18(13)25-19(23-16)20-24-15-10-5-6-12-17(15)26(20)22/h5-8,10-12,14H,2-4,9H2,1H3,(H,23,25). The second-order valence-corrected chi connectivity index (χ2v) is 8.31. The molecular formula is C20H20Br2N4. The van der Waals surface area contributed by atoms with Crippen LogP contribution in [-0.2, 0) is 0 Å². The van der Waals surface area contributed by atoms with Crippen LogP contribution in [0.5, 0.6) is 0 Å². The number of aromatic amines is 1. The second kappa shape index (κ2) is 7.53. The molecule has 0 fully saturated rings. The average Bonchev–Trinajstić information content (AvgIpc) is 3.23. The van der Waals surface area contributed by atoms with Crippen LogP contribution in [0.4, 0.5) is 0 Å². The number of halogens is 2. The summed E-state index contributed by atoms with van der Waals surface area (Å²) >= 11 is 7.48. The van der Waals surface area contributed by atoms with E-state index in [0.29, 0.717) is 4.83 Å². The Bertz CT molecular complexity index is 1050. The Morgan fingerprint density at radius 2 is 1.92 bits per heavy atom. The van der Waals surface area contributed by atoms with Gasteiger partial charge in [0.2, 0.25) is 0 Å². The first kappa shape index (κ1) is 17.7. The minimum Gasteiger partial charge on any atom is -0.335 e. The van der Waals surface area contributed by atoms with Crippen molar-refractivity contribution in [2.75, 3.05) is 0 Å². The normalized spacial score (nSPS) is 12.9. The van der Waals surface area contributed by atoms with Crippen LogP contribution in [0.25, 0.3) is 33.7 Å². The first-order valence-corrected chi connectivity index (χ1v) is 10.6. The van der Waals surface area contributed by atoms with Crippen molar-refractivity contribution >= 4 is 54.1 Å². The minimum absolute atomic E-state index is 0.316. The summed E-state index contributed by atoms with van der Waals surface area (Å²) in [5.41, 5.74) is 5.26. The van der Waals surface area contributed by atoms with Gasteiger partial charge in [-0.3, -0.25) is 3.59 Å². The lowest BCUT2D eigenvalue weighted by Crippen LogP contribution is -1.92. The summed E-state index contributed by atoms with van der Waals surface area (Å²) in [5, 5.41) is 0. The SMILES string of the molecule is CCCCCC(Br)c1cccc2[nH]c(-c3nc4ccccc4n3Br)nc12. The van der Waals surface area contributed by atoms with Crippen LogP contribution in [0.3, 0.4) is 0 Å². The Balaban J connectivity index is 1.75. The summed E-state index contributed by atoms with van der Waals surface area (Å²) in [6.07, 6.45) is 4.83. The van der Waals surface area contributed by atoms with Crippen LogP contribution < -0.4 is 0 Å². The maximum Gasteiger partial charge on any atom is 0.187 e. The van der Waals surface area contributed by atoms with E-state index >= 15 is 0 Å². The summed E-state index contributed by atoms with van der Waals surface area (Å²) in [6.45, 7) is 2.23. The summed E-state index contributed by atoms with van der Waals surface area (Å²) in [5.74, 6) is 1.55. The molecular weight excluding hydrogens is 456 g/mol. The third-order valence-corrected chi connectivity index (χ3v) is 6.33. The van der Waals surface area contributed by atoms with Crippen molar-refractivity contribution in [3.63, 3.8) is 0 Å². The van der Waals surface area contributed by atoms with E-state index in [4.69, 9.17) is 9.97 Å². The van der Waals surface area contributed by atoms with Crippen LogP contribution in [-0.4, -0.2) is 18.5 Å². The molecule has 0 amide bonds. The van der Waals surface area contributed by atoms with E-state index in [0.717, 1.165) is 40.1 Å². The number of benzene rings is 2. The highest BCUT2D eigenvalue weighted by Gasteiger charge is 2.18. The molecule has 0 saturated heterocycles. The lowest BCUT2D eigenvalue weighted by Gasteiger charge is -2.10. The third kappa shape index (κ3) is 3.21. The molecule has 2 heterocycles. The molecule has 1 unspecified atom stereocenters. The predicted molar refractivity (Wildman–Crippen MR) is 115 cm³/mol. The molecule has 0 bridgehead atoms. The van der Waals surface area contributed by atoms with Crippen molar-refractivity contribution in [3.05, 3.63) is 48.0 Å². The Kier molecular flexibility index (Phi) is 5.14. The van der Waals surface area contributed by atoms with E-state index in [9.17, 15) is 0 Å². The van der Waals surface area contributed by atoms with Gasteiger partial charge in [-0.2, -0.15) is 0 Å². The molecule has 0 aliphatic heterocycles. The number of fused-ring (bicyclic) bond motifs is 2. The van der Waals surface area contributed by atoms with Gasteiger partial charge in [0.15, 0.2) is 11.6 Å². The summed E-state index contributed by atoms with van der Waals surface area (Å²) in [6, 6.07) is 14.4. The van der Waals surface area contributed by atoms with Gasteiger partial charge < -0.3 is 4.98 Å². The van der Waals surface area contributed by atoms with Gasteiger partial charge in [0.25, 0.3) is 0 Å². The number of hydrogen-bond donors (Lipinski definition) is 1. The number of hydrogen-bond acceptors (Lipinski definition) is 2. The molecule has 4 nitrogen and oxygen atoms in total. The largest absolute Gasteiger partial charge is 0.335 e. The Labute approximate surface area is 169 Å². The number of unbranched alkanes of at least 4 members (excludes halogenated alkanes) is 2. The van der Waals surface area contributed by atoms with Crippen molar-refractivity contribution in [1.29, 1.82) is 0 Å². The molecule has 2 aromatic carbocycles. The molecule has 0 saturated carbocycles. The van der Waals surface area contributed by atoms with Gasteiger partial charge in [0.1, 0.15) is 0 Å². The Morgan fingerprint density at radius 3 is 2.73 bits per heavy atom. The molecule has 2 aromatic heterocycles. The maximum atomic E-state index is 4.89. The molecule has 134 valence electrons. The second-order valence-electron chi connectivity index (χ2n) is 6.50. The zero-order valence-corrected chi connectivity index (χ0v) is 17.7. The predicted octanol–water partition coefficient (Wildman–Crippen LogP) is 6.75. The molecule has 4 rings (SSSR count). The molecule has 0 spiro atoms. The highest BCUT2D eigenvalue weighted by Crippen LogP contribution is 2.34. The molecule has 26 heavy (non-hydrogen) atoms. The van der Waals surface area contributed by atoms with Gasteiger partial charge in [-0.05, 0) is 30.2 Å². The van der Waals surface area contributed by atoms with Crippen LogP contribution in [0.15, 0.2) is 42.5 Å². The molecule has 6 heteroatoms. The zero-order chi connectivity index (χ0) is 18.1. The van der Waals surface area contributed by atoms with Gasteiger partial charge in [0.05, 0.1) is 38.2 Å². The van der Waals surface area contributed by atoms with Gasteiger partial charge in [-0.15, -0.1) is 0 Å².